The van der Waals surface area contributed by atoms with Gasteiger partial charge in [-0.2, -0.15) is 0 Å². The normalized spacial score (nSPS) is 16.9. The predicted molar refractivity (Wildman–Crippen MR) is 136 cm³/mol. The molecule has 0 atom stereocenters. The van der Waals surface area contributed by atoms with Gasteiger partial charge in [0.1, 0.15) is 28.0 Å². The van der Waals surface area contributed by atoms with Gasteiger partial charge in [0.2, 0.25) is 0 Å². The zero-order chi connectivity index (χ0) is 25.3. The van der Waals surface area contributed by atoms with Gasteiger partial charge < -0.3 is 24.2 Å². The zero-order valence-corrected chi connectivity index (χ0v) is 21.6. The summed E-state index contributed by atoms with van der Waals surface area (Å²) in [5, 5.41) is 7.57. The van der Waals surface area contributed by atoms with E-state index in [1.54, 1.807) is 12.1 Å². The van der Waals surface area contributed by atoms with E-state index in [2.05, 4.69) is 15.4 Å². The van der Waals surface area contributed by atoms with Crippen LogP contribution in [0.15, 0.2) is 22.7 Å². The van der Waals surface area contributed by atoms with Crippen molar-refractivity contribution >= 4 is 17.4 Å². The smallest absolute Gasteiger partial charge is 0.165 e. The fraction of sp³-hybridized carbons (Fsp3) is 0.500. The lowest BCUT2D eigenvalue weighted by atomic mass is 9.73. The lowest BCUT2D eigenvalue weighted by Gasteiger charge is -2.53. The molecular weight excluding hydrogens is 485 g/mol. The third-order valence-corrected chi connectivity index (χ3v) is 7.38. The van der Waals surface area contributed by atoms with E-state index in [1.165, 1.54) is 6.07 Å². The second-order valence-corrected chi connectivity index (χ2v) is 10.0. The Labute approximate surface area is 215 Å². The Hall–Kier alpha value is -2.75. The van der Waals surface area contributed by atoms with E-state index in [9.17, 15) is 0 Å². The number of benzene rings is 1. The first-order valence-electron chi connectivity index (χ1n) is 12.3. The lowest BCUT2D eigenvalue weighted by Crippen LogP contribution is -2.59. The van der Waals surface area contributed by atoms with Crippen molar-refractivity contribution in [3.8, 4) is 28.4 Å². The first-order valence-corrected chi connectivity index (χ1v) is 12.7. The molecule has 2 fully saturated rings. The van der Waals surface area contributed by atoms with Crippen LogP contribution in [0.1, 0.15) is 30.7 Å². The summed E-state index contributed by atoms with van der Waals surface area (Å²) in [6.07, 6.45) is 2.86. The van der Waals surface area contributed by atoms with Crippen LogP contribution in [0, 0.1) is 25.1 Å². The quantitative estimate of drug-likeness (QED) is 0.428. The number of ether oxygens (including phenoxy) is 2. The monoisotopic (exact) mass is 515 g/mol. The van der Waals surface area contributed by atoms with Gasteiger partial charge in [-0.25, -0.2) is 14.4 Å². The maximum absolute atomic E-state index is 15.1. The van der Waals surface area contributed by atoms with Crippen molar-refractivity contribution in [1.82, 2.24) is 20.4 Å². The Balaban J connectivity index is 1.54. The van der Waals surface area contributed by atoms with Gasteiger partial charge in [-0.05, 0) is 64.9 Å². The van der Waals surface area contributed by atoms with Gasteiger partial charge in [0.25, 0.3) is 0 Å². The van der Waals surface area contributed by atoms with E-state index in [1.807, 2.05) is 20.9 Å². The fourth-order valence-electron chi connectivity index (χ4n) is 4.99. The highest BCUT2D eigenvalue weighted by molar-refractivity contribution is 6.35. The number of anilines is 1. The first kappa shape index (κ1) is 24.9. The lowest BCUT2D eigenvalue weighted by molar-refractivity contribution is -0.000445. The summed E-state index contributed by atoms with van der Waals surface area (Å²) in [5.41, 5.74) is 2.32. The third kappa shape index (κ3) is 4.79. The molecule has 3 aromatic rings. The molecule has 0 bridgehead atoms. The molecular formula is C26H31ClFN5O3. The van der Waals surface area contributed by atoms with Crippen LogP contribution in [0.5, 0.6) is 5.75 Å². The van der Waals surface area contributed by atoms with Gasteiger partial charge in [-0.1, -0.05) is 16.8 Å². The Kier molecular flexibility index (Phi) is 7.14. The second kappa shape index (κ2) is 10.3. The molecule has 1 spiro atoms. The Morgan fingerprint density at radius 1 is 1.19 bits per heavy atom. The first-order chi connectivity index (χ1) is 17.4. The van der Waals surface area contributed by atoms with Crippen LogP contribution < -0.4 is 15.0 Å². The molecule has 2 saturated heterocycles. The maximum atomic E-state index is 15.1. The number of hydrogen-bond donors (Lipinski definition) is 1. The highest BCUT2D eigenvalue weighted by Gasteiger charge is 2.45. The summed E-state index contributed by atoms with van der Waals surface area (Å²) in [4.78, 5) is 11.7. The average molecular weight is 516 g/mol. The van der Waals surface area contributed by atoms with Crippen LogP contribution in [-0.4, -0.2) is 61.6 Å². The van der Waals surface area contributed by atoms with E-state index in [0.29, 0.717) is 45.9 Å². The molecule has 0 unspecified atom stereocenters. The van der Waals surface area contributed by atoms with Gasteiger partial charge in [-0.15, -0.1) is 0 Å². The molecule has 1 N–H and O–H groups in total. The van der Waals surface area contributed by atoms with Crippen molar-refractivity contribution in [2.75, 3.05) is 51.4 Å². The topological polar surface area (TPSA) is 85.5 Å². The predicted octanol–water partition coefficient (Wildman–Crippen LogP) is 4.81. The molecule has 8 nitrogen and oxygen atoms in total. The van der Waals surface area contributed by atoms with Crippen molar-refractivity contribution in [1.29, 1.82) is 0 Å². The molecule has 0 amide bonds. The molecule has 4 heterocycles. The number of rotatable bonds is 8. The SMILES string of the molecule is CNCCCOc1ccc(F)c(-c2nc(-c3c(C)noc3C)c(Cl)c(N3CC4(CCOCC4)C3)n2)c1. The van der Waals surface area contributed by atoms with Crippen LogP contribution in [-0.2, 0) is 4.74 Å². The van der Waals surface area contributed by atoms with E-state index in [-0.39, 0.29) is 16.8 Å². The molecule has 36 heavy (non-hydrogen) atoms. The number of aryl methyl sites for hydroxylation is 2. The molecule has 0 radical (unpaired) electrons. The Morgan fingerprint density at radius 2 is 1.97 bits per heavy atom. The van der Waals surface area contributed by atoms with E-state index in [0.717, 1.165) is 52.1 Å². The van der Waals surface area contributed by atoms with Gasteiger partial charge >= 0.3 is 0 Å². The van der Waals surface area contributed by atoms with Crippen molar-refractivity contribution in [2.45, 2.75) is 33.1 Å². The van der Waals surface area contributed by atoms with Gasteiger partial charge in [0.05, 0.1) is 23.4 Å². The minimum atomic E-state index is -0.430. The van der Waals surface area contributed by atoms with Crippen molar-refractivity contribution in [3.05, 3.63) is 40.5 Å². The minimum absolute atomic E-state index is 0.211. The molecule has 10 heteroatoms. The van der Waals surface area contributed by atoms with Crippen LogP contribution in [0.25, 0.3) is 22.6 Å². The number of halogens is 2. The van der Waals surface area contributed by atoms with Crippen molar-refractivity contribution in [2.24, 2.45) is 5.41 Å². The third-order valence-electron chi connectivity index (χ3n) is 7.03. The Morgan fingerprint density at radius 3 is 2.67 bits per heavy atom. The molecule has 2 aromatic heterocycles. The second-order valence-electron chi connectivity index (χ2n) is 9.65. The highest BCUT2D eigenvalue weighted by Crippen LogP contribution is 2.46. The van der Waals surface area contributed by atoms with Gasteiger partial charge in [0, 0.05) is 31.7 Å². The minimum Gasteiger partial charge on any atom is -0.494 e. The summed E-state index contributed by atoms with van der Waals surface area (Å²) < 4.78 is 31.9. The fourth-order valence-corrected chi connectivity index (χ4v) is 5.29. The largest absolute Gasteiger partial charge is 0.494 e. The summed E-state index contributed by atoms with van der Waals surface area (Å²) in [6, 6.07) is 4.65. The van der Waals surface area contributed by atoms with Crippen LogP contribution in [0.4, 0.5) is 10.2 Å². The van der Waals surface area contributed by atoms with Crippen LogP contribution in [0.3, 0.4) is 0 Å². The molecule has 0 aliphatic carbocycles. The summed E-state index contributed by atoms with van der Waals surface area (Å²) >= 11 is 6.92. The molecule has 2 aliphatic rings. The molecule has 1 aromatic carbocycles. The number of aromatic nitrogens is 3. The van der Waals surface area contributed by atoms with E-state index in [4.69, 9.17) is 35.6 Å². The zero-order valence-electron chi connectivity index (χ0n) is 20.9. The van der Waals surface area contributed by atoms with Gasteiger partial charge in [-0.3, -0.25) is 0 Å². The highest BCUT2D eigenvalue weighted by atomic mass is 35.5. The summed E-state index contributed by atoms with van der Waals surface area (Å²) in [7, 11) is 1.89. The number of hydrogen-bond acceptors (Lipinski definition) is 8. The number of nitrogens with one attached hydrogen (secondary N) is 1. The molecule has 0 saturated carbocycles. The van der Waals surface area contributed by atoms with Crippen LogP contribution in [0.2, 0.25) is 5.02 Å². The molecule has 192 valence electrons. The maximum Gasteiger partial charge on any atom is 0.165 e. The van der Waals surface area contributed by atoms with E-state index >= 15 is 4.39 Å². The molecule has 5 rings (SSSR count). The Bertz CT molecular complexity index is 1220. The standard InChI is InChI=1S/C26H31ClFN5O3/c1-16-21(17(2)36-32-16)23-22(27)25(33-14-26(15-33)7-11-34-12-8-26)31-24(30-23)19-13-18(5-6-20(19)28)35-10-4-9-29-3/h5-6,13,29H,4,7-12,14-15H2,1-3H3. The van der Waals surface area contributed by atoms with Gasteiger partial charge in [0.15, 0.2) is 11.6 Å². The van der Waals surface area contributed by atoms with Crippen molar-refractivity contribution < 1.29 is 18.4 Å². The number of nitrogens with zero attached hydrogens (tertiary/aromatic N) is 4. The van der Waals surface area contributed by atoms with Crippen molar-refractivity contribution in [3.63, 3.8) is 0 Å². The summed E-state index contributed by atoms with van der Waals surface area (Å²) in [6.45, 7) is 8.19. The van der Waals surface area contributed by atoms with E-state index < -0.39 is 5.82 Å². The average Bonchev–Trinajstić information content (AvgIpc) is 3.20. The van der Waals surface area contributed by atoms with Crippen LogP contribution >= 0.6 is 11.6 Å². The summed E-state index contributed by atoms with van der Waals surface area (Å²) in [5.74, 6) is 1.56. The molecule has 2 aliphatic heterocycles.